The maximum Gasteiger partial charge on any atom is 0.0417 e. The fourth-order valence-corrected chi connectivity index (χ4v) is 1.98. The SMILES string of the molecule is C=CC=C(/C=C(\NC)c1ccccc1)/C(C)=C/C=C(/C)C(=C)C. The number of rotatable bonds is 7. The molecule has 0 amide bonds. The van der Waals surface area contributed by atoms with E-state index in [1.54, 1.807) is 0 Å². The number of hydrogen-bond acceptors (Lipinski definition) is 1. The lowest BCUT2D eigenvalue weighted by Gasteiger charge is -2.10. The highest BCUT2D eigenvalue weighted by molar-refractivity contribution is 5.68. The summed E-state index contributed by atoms with van der Waals surface area (Å²) in [6.07, 6.45) is 10.2. The third-order valence-electron chi connectivity index (χ3n) is 3.66. The van der Waals surface area contributed by atoms with Gasteiger partial charge in [0.15, 0.2) is 0 Å². The Morgan fingerprint density at radius 1 is 0.957 bits per heavy atom. The summed E-state index contributed by atoms with van der Waals surface area (Å²) in [5.41, 5.74) is 6.80. The Bertz CT molecular complexity index is 667. The monoisotopic (exact) mass is 305 g/mol. The Balaban J connectivity index is 3.21. The van der Waals surface area contributed by atoms with Crippen LogP contribution in [0.15, 0.2) is 96.2 Å². The molecular weight excluding hydrogens is 278 g/mol. The first-order valence-electron chi connectivity index (χ1n) is 7.78. The van der Waals surface area contributed by atoms with E-state index in [4.69, 9.17) is 0 Å². The van der Waals surface area contributed by atoms with Gasteiger partial charge in [-0.15, -0.1) is 0 Å². The Morgan fingerprint density at radius 2 is 1.57 bits per heavy atom. The summed E-state index contributed by atoms with van der Waals surface area (Å²) >= 11 is 0. The Labute approximate surface area is 141 Å². The van der Waals surface area contributed by atoms with Gasteiger partial charge in [0.1, 0.15) is 0 Å². The zero-order valence-corrected chi connectivity index (χ0v) is 14.7. The van der Waals surface area contributed by atoms with Crippen molar-refractivity contribution in [1.82, 2.24) is 5.32 Å². The summed E-state index contributed by atoms with van der Waals surface area (Å²) in [5.74, 6) is 0. The lowest BCUT2D eigenvalue weighted by Crippen LogP contribution is -2.05. The van der Waals surface area contributed by atoms with Crippen LogP contribution in [0, 0.1) is 0 Å². The molecule has 0 radical (unpaired) electrons. The first-order valence-corrected chi connectivity index (χ1v) is 7.78. The van der Waals surface area contributed by atoms with Gasteiger partial charge in [0, 0.05) is 12.7 Å². The van der Waals surface area contributed by atoms with Crippen LogP contribution in [0.4, 0.5) is 0 Å². The maximum atomic E-state index is 3.97. The van der Waals surface area contributed by atoms with Crippen molar-refractivity contribution in [2.45, 2.75) is 20.8 Å². The van der Waals surface area contributed by atoms with E-state index < -0.39 is 0 Å². The molecule has 0 bridgehead atoms. The summed E-state index contributed by atoms with van der Waals surface area (Å²) in [6.45, 7) is 14.0. The van der Waals surface area contributed by atoms with Crippen molar-refractivity contribution < 1.29 is 0 Å². The lowest BCUT2D eigenvalue weighted by atomic mass is 10.0. The van der Waals surface area contributed by atoms with Gasteiger partial charge in [0.05, 0.1) is 0 Å². The molecule has 0 saturated carbocycles. The van der Waals surface area contributed by atoms with E-state index in [1.165, 1.54) is 11.1 Å². The molecule has 0 spiro atoms. The number of allylic oxidation sites excluding steroid dienone is 9. The third-order valence-corrected chi connectivity index (χ3v) is 3.66. The second-order valence-electron chi connectivity index (χ2n) is 5.51. The first kappa shape index (κ1) is 18.5. The van der Waals surface area contributed by atoms with Crippen molar-refractivity contribution in [2.24, 2.45) is 0 Å². The quantitative estimate of drug-likeness (QED) is 0.625. The van der Waals surface area contributed by atoms with Crippen molar-refractivity contribution in [3.63, 3.8) is 0 Å². The molecule has 0 aliphatic rings. The van der Waals surface area contributed by atoms with Crippen LogP contribution in [0.5, 0.6) is 0 Å². The van der Waals surface area contributed by atoms with Gasteiger partial charge in [-0.2, -0.15) is 0 Å². The molecule has 0 heterocycles. The molecule has 23 heavy (non-hydrogen) atoms. The van der Waals surface area contributed by atoms with Gasteiger partial charge in [0.25, 0.3) is 0 Å². The average Bonchev–Trinajstić information content (AvgIpc) is 2.56. The number of hydrogen-bond donors (Lipinski definition) is 1. The van der Waals surface area contributed by atoms with Crippen molar-refractivity contribution in [3.8, 4) is 0 Å². The molecule has 0 aliphatic heterocycles. The first-order chi connectivity index (χ1) is 11.0. The molecule has 1 aromatic rings. The van der Waals surface area contributed by atoms with Gasteiger partial charge in [-0.3, -0.25) is 0 Å². The zero-order chi connectivity index (χ0) is 17.2. The van der Waals surface area contributed by atoms with E-state index in [0.717, 1.165) is 22.4 Å². The van der Waals surface area contributed by atoms with Gasteiger partial charge in [0.2, 0.25) is 0 Å². The van der Waals surface area contributed by atoms with Crippen molar-refractivity contribution in [3.05, 3.63) is 102 Å². The molecule has 1 rings (SSSR count). The second-order valence-corrected chi connectivity index (χ2v) is 5.51. The van der Waals surface area contributed by atoms with Crippen LogP contribution >= 0.6 is 0 Å². The standard InChI is InChI=1S/C22H27N/c1-7-11-21(19(5)15-14-18(4)17(2)3)16-22(23-6)20-12-9-8-10-13-20/h7-16,23H,1-2H2,3-6H3/b18-14-,19-15+,21-11?,22-16-. The fourth-order valence-electron chi connectivity index (χ4n) is 1.98. The minimum absolute atomic E-state index is 1.08. The summed E-state index contributed by atoms with van der Waals surface area (Å²) in [4.78, 5) is 0. The summed E-state index contributed by atoms with van der Waals surface area (Å²) in [7, 11) is 1.94. The van der Waals surface area contributed by atoms with Gasteiger partial charge in [-0.05, 0) is 49.1 Å². The largest absolute Gasteiger partial charge is 0.388 e. The van der Waals surface area contributed by atoms with Crippen LogP contribution in [0.1, 0.15) is 26.3 Å². The molecule has 120 valence electrons. The van der Waals surface area contributed by atoms with E-state index in [-0.39, 0.29) is 0 Å². The highest BCUT2D eigenvalue weighted by Crippen LogP contribution is 2.19. The number of nitrogens with one attached hydrogen (secondary N) is 1. The minimum atomic E-state index is 1.08. The molecule has 1 heteroatoms. The maximum absolute atomic E-state index is 3.97. The van der Waals surface area contributed by atoms with E-state index in [1.807, 2.05) is 44.3 Å². The van der Waals surface area contributed by atoms with Crippen LogP contribution in [-0.4, -0.2) is 7.05 Å². The highest BCUT2D eigenvalue weighted by Gasteiger charge is 2.02. The van der Waals surface area contributed by atoms with E-state index >= 15 is 0 Å². The van der Waals surface area contributed by atoms with Gasteiger partial charge >= 0.3 is 0 Å². The van der Waals surface area contributed by atoms with Gasteiger partial charge in [-0.25, -0.2) is 0 Å². The summed E-state index contributed by atoms with van der Waals surface area (Å²) < 4.78 is 0. The number of benzene rings is 1. The van der Waals surface area contributed by atoms with Crippen LogP contribution in [0.25, 0.3) is 5.70 Å². The summed E-state index contributed by atoms with van der Waals surface area (Å²) in [5, 5.41) is 3.27. The smallest absolute Gasteiger partial charge is 0.0417 e. The molecule has 0 aromatic heterocycles. The van der Waals surface area contributed by atoms with Gasteiger partial charge in [-0.1, -0.05) is 73.4 Å². The third kappa shape index (κ3) is 5.99. The lowest BCUT2D eigenvalue weighted by molar-refractivity contribution is 1.12. The molecule has 0 atom stereocenters. The van der Waals surface area contributed by atoms with Crippen molar-refractivity contribution in [2.75, 3.05) is 7.05 Å². The van der Waals surface area contributed by atoms with E-state index in [0.29, 0.717) is 0 Å². The zero-order valence-electron chi connectivity index (χ0n) is 14.7. The van der Waals surface area contributed by atoms with Crippen LogP contribution in [0.2, 0.25) is 0 Å². The predicted octanol–water partition coefficient (Wildman–Crippen LogP) is 5.83. The van der Waals surface area contributed by atoms with Gasteiger partial charge < -0.3 is 5.32 Å². The van der Waals surface area contributed by atoms with Crippen molar-refractivity contribution in [1.29, 1.82) is 0 Å². The Hall–Kier alpha value is -2.54. The van der Waals surface area contributed by atoms with E-state index in [2.05, 4.69) is 62.7 Å². The molecule has 0 unspecified atom stereocenters. The average molecular weight is 305 g/mol. The van der Waals surface area contributed by atoms with Crippen LogP contribution in [0.3, 0.4) is 0 Å². The van der Waals surface area contributed by atoms with E-state index in [9.17, 15) is 0 Å². The minimum Gasteiger partial charge on any atom is -0.388 e. The molecule has 1 nitrogen and oxygen atoms in total. The molecule has 1 N–H and O–H groups in total. The topological polar surface area (TPSA) is 12.0 Å². The van der Waals surface area contributed by atoms with Crippen molar-refractivity contribution >= 4 is 5.70 Å². The van der Waals surface area contributed by atoms with Crippen LogP contribution in [-0.2, 0) is 0 Å². The Kier molecular flexibility index (Phi) is 7.62. The molecule has 1 aromatic carbocycles. The predicted molar refractivity (Wildman–Crippen MR) is 104 cm³/mol. The molecule has 0 saturated heterocycles. The normalized spacial score (nSPS) is 13.7. The summed E-state index contributed by atoms with van der Waals surface area (Å²) in [6, 6.07) is 10.3. The van der Waals surface area contributed by atoms with Crippen LogP contribution < -0.4 is 5.32 Å². The Morgan fingerprint density at radius 3 is 2.09 bits per heavy atom. The molecule has 0 fully saturated rings. The molecule has 0 aliphatic carbocycles. The second kappa shape index (κ2) is 9.47. The molecular formula is C22H27N. The fraction of sp³-hybridized carbons (Fsp3) is 0.182. The highest BCUT2D eigenvalue weighted by atomic mass is 14.8.